The molecule has 0 radical (unpaired) electrons. The molecular formula is C19H22N4O. The molecule has 3 rings (SSSR count). The van der Waals surface area contributed by atoms with Gasteiger partial charge in [-0.05, 0) is 38.4 Å². The van der Waals surface area contributed by atoms with Crippen molar-refractivity contribution in [1.82, 2.24) is 14.9 Å². The average molecular weight is 322 g/mol. The van der Waals surface area contributed by atoms with Gasteiger partial charge in [0.1, 0.15) is 11.6 Å². The summed E-state index contributed by atoms with van der Waals surface area (Å²) in [5.41, 5.74) is 1.52. The van der Waals surface area contributed by atoms with Gasteiger partial charge in [0.25, 0.3) is 0 Å². The predicted octanol–water partition coefficient (Wildman–Crippen LogP) is 3.00. The van der Waals surface area contributed by atoms with Crippen LogP contribution in [0.15, 0.2) is 48.5 Å². The van der Waals surface area contributed by atoms with Gasteiger partial charge in [0.15, 0.2) is 5.82 Å². The first-order valence-electron chi connectivity index (χ1n) is 7.97. The number of fused-ring (bicyclic) bond motifs is 1. The Morgan fingerprint density at radius 3 is 2.33 bits per heavy atom. The molecule has 0 amide bonds. The van der Waals surface area contributed by atoms with Gasteiger partial charge in [0, 0.05) is 25.5 Å². The van der Waals surface area contributed by atoms with Crippen molar-refractivity contribution in [3.8, 4) is 17.1 Å². The van der Waals surface area contributed by atoms with Crippen LogP contribution in [0.2, 0.25) is 0 Å². The monoisotopic (exact) mass is 322 g/mol. The molecule has 0 aliphatic heterocycles. The first-order chi connectivity index (χ1) is 11.6. The fourth-order valence-corrected chi connectivity index (χ4v) is 2.59. The van der Waals surface area contributed by atoms with Crippen LogP contribution in [0.25, 0.3) is 22.3 Å². The first kappa shape index (κ1) is 16.2. The third kappa shape index (κ3) is 3.31. The molecule has 1 heterocycles. The Labute approximate surface area is 142 Å². The second kappa shape index (κ2) is 6.84. The summed E-state index contributed by atoms with van der Waals surface area (Å²) in [7, 11) is 6.14. The van der Waals surface area contributed by atoms with Crippen LogP contribution in [-0.4, -0.2) is 54.2 Å². The number of nitrogens with zero attached hydrogens (tertiary/aromatic N) is 4. The van der Waals surface area contributed by atoms with Crippen LogP contribution in [0.3, 0.4) is 0 Å². The maximum atomic E-state index is 10.1. The number of rotatable bonds is 5. The summed E-state index contributed by atoms with van der Waals surface area (Å²) in [6, 6.07) is 15.1. The normalized spacial score (nSPS) is 11.2. The zero-order valence-electron chi connectivity index (χ0n) is 14.3. The highest BCUT2D eigenvalue weighted by atomic mass is 16.3. The van der Waals surface area contributed by atoms with Crippen molar-refractivity contribution >= 4 is 16.7 Å². The molecule has 2 aromatic carbocycles. The highest BCUT2D eigenvalue weighted by Crippen LogP contribution is 2.30. The Morgan fingerprint density at radius 1 is 0.875 bits per heavy atom. The smallest absolute Gasteiger partial charge is 0.165 e. The summed E-state index contributed by atoms with van der Waals surface area (Å²) in [5.74, 6) is 1.61. The van der Waals surface area contributed by atoms with E-state index in [1.165, 1.54) is 0 Å². The SMILES string of the molecule is CN(C)CCN(C)c1nc(-c2ccccc2O)nc2ccccc12. The maximum absolute atomic E-state index is 10.1. The third-order valence-electron chi connectivity index (χ3n) is 3.97. The molecule has 0 saturated heterocycles. The minimum atomic E-state index is 0.190. The molecule has 0 saturated carbocycles. The molecule has 1 aromatic heterocycles. The lowest BCUT2D eigenvalue weighted by Gasteiger charge is -2.22. The lowest BCUT2D eigenvalue weighted by molar-refractivity contribution is 0.416. The Morgan fingerprint density at radius 2 is 1.58 bits per heavy atom. The van der Waals surface area contributed by atoms with Gasteiger partial charge in [-0.25, -0.2) is 9.97 Å². The molecule has 5 nitrogen and oxygen atoms in total. The van der Waals surface area contributed by atoms with Crippen molar-refractivity contribution < 1.29 is 5.11 Å². The largest absolute Gasteiger partial charge is 0.507 e. The van der Waals surface area contributed by atoms with Crippen molar-refractivity contribution in [2.75, 3.05) is 39.1 Å². The van der Waals surface area contributed by atoms with Crippen LogP contribution in [0, 0.1) is 0 Å². The molecule has 0 atom stereocenters. The van der Waals surface area contributed by atoms with Gasteiger partial charge in [-0.15, -0.1) is 0 Å². The van der Waals surface area contributed by atoms with E-state index in [1.54, 1.807) is 12.1 Å². The van der Waals surface area contributed by atoms with Crippen LogP contribution in [-0.2, 0) is 0 Å². The fourth-order valence-electron chi connectivity index (χ4n) is 2.59. The van der Waals surface area contributed by atoms with Gasteiger partial charge in [-0.3, -0.25) is 0 Å². The van der Waals surface area contributed by atoms with Gasteiger partial charge in [-0.1, -0.05) is 24.3 Å². The summed E-state index contributed by atoms with van der Waals surface area (Å²) in [6.07, 6.45) is 0. The maximum Gasteiger partial charge on any atom is 0.165 e. The van der Waals surface area contributed by atoms with E-state index in [0.29, 0.717) is 11.4 Å². The van der Waals surface area contributed by atoms with E-state index >= 15 is 0 Å². The number of likely N-dealkylation sites (N-methyl/N-ethyl adjacent to an activating group) is 2. The van der Waals surface area contributed by atoms with Crippen molar-refractivity contribution in [3.63, 3.8) is 0 Å². The predicted molar refractivity (Wildman–Crippen MR) is 98.5 cm³/mol. The van der Waals surface area contributed by atoms with Crippen LogP contribution in [0.1, 0.15) is 0 Å². The van der Waals surface area contributed by atoms with Crippen LogP contribution >= 0.6 is 0 Å². The lowest BCUT2D eigenvalue weighted by atomic mass is 10.1. The Kier molecular flexibility index (Phi) is 4.62. The second-order valence-electron chi connectivity index (χ2n) is 6.13. The summed E-state index contributed by atoms with van der Waals surface area (Å²) < 4.78 is 0. The van der Waals surface area contributed by atoms with Crippen molar-refractivity contribution in [3.05, 3.63) is 48.5 Å². The van der Waals surface area contributed by atoms with Crippen LogP contribution in [0.4, 0.5) is 5.82 Å². The van der Waals surface area contributed by atoms with Gasteiger partial charge in [0.05, 0.1) is 11.1 Å². The molecule has 24 heavy (non-hydrogen) atoms. The van der Waals surface area contributed by atoms with Crippen LogP contribution in [0.5, 0.6) is 5.75 Å². The van der Waals surface area contributed by atoms with Crippen molar-refractivity contribution in [2.45, 2.75) is 0 Å². The standard InChI is InChI=1S/C19H22N4O/c1-22(2)12-13-23(3)19-14-8-4-6-10-16(14)20-18(21-19)15-9-5-7-11-17(15)24/h4-11,24H,12-13H2,1-3H3. The zero-order valence-corrected chi connectivity index (χ0v) is 14.3. The van der Waals surface area contributed by atoms with Gasteiger partial charge in [-0.2, -0.15) is 0 Å². The Balaban J connectivity index is 2.11. The van der Waals surface area contributed by atoms with Gasteiger partial charge in [0.2, 0.25) is 0 Å². The topological polar surface area (TPSA) is 52.5 Å². The Bertz CT molecular complexity index is 848. The number of phenolic OH excluding ortho intramolecular Hbond substituents is 1. The Hall–Kier alpha value is -2.66. The van der Waals surface area contributed by atoms with E-state index in [2.05, 4.69) is 28.9 Å². The molecular weight excluding hydrogens is 300 g/mol. The third-order valence-corrected chi connectivity index (χ3v) is 3.97. The summed E-state index contributed by atoms with van der Waals surface area (Å²) in [6.45, 7) is 1.79. The second-order valence-corrected chi connectivity index (χ2v) is 6.13. The number of hydrogen-bond donors (Lipinski definition) is 1. The van der Waals surface area contributed by atoms with E-state index in [-0.39, 0.29) is 5.75 Å². The summed E-state index contributed by atoms with van der Waals surface area (Å²) in [4.78, 5) is 13.7. The van der Waals surface area contributed by atoms with E-state index in [9.17, 15) is 5.11 Å². The van der Waals surface area contributed by atoms with E-state index < -0.39 is 0 Å². The quantitative estimate of drug-likeness (QED) is 0.782. The van der Waals surface area contributed by atoms with Gasteiger partial charge < -0.3 is 14.9 Å². The molecule has 0 fully saturated rings. The molecule has 0 unspecified atom stereocenters. The highest BCUT2D eigenvalue weighted by Gasteiger charge is 2.14. The molecule has 1 N–H and O–H groups in total. The highest BCUT2D eigenvalue weighted by molar-refractivity contribution is 5.91. The van der Waals surface area contributed by atoms with E-state index in [1.807, 2.05) is 43.4 Å². The minimum Gasteiger partial charge on any atom is -0.507 e. The number of phenols is 1. The van der Waals surface area contributed by atoms with Gasteiger partial charge >= 0.3 is 0 Å². The summed E-state index contributed by atoms with van der Waals surface area (Å²) in [5, 5.41) is 11.2. The van der Waals surface area contributed by atoms with E-state index in [0.717, 1.165) is 29.8 Å². The summed E-state index contributed by atoms with van der Waals surface area (Å²) >= 11 is 0. The number of hydrogen-bond acceptors (Lipinski definition) is 5. The van der Waals surface area contributed by atoms with Crippen LogP contribution < -0.4 is 4.90 Å². The first-order valence-corrected chi connectivity index (χ1v) is 7.97. The number of anilines is 1. The van der Waals surface area contributed by atoms with Crippen molar-refractivity contribution in [2.24, 2.45) is 0 Å². The molecule has 0 aliphatic carbocycles. The number of aromatic nitrogens is 2. The number of aromatic hydroxyl groups is 1. The van der Waals surface area contributed by atoms with Crippen molar-refractivity contribution in [1.29, 1.82) is 0 Å². The molecule has 3 aromatic rings. The molecule has 0 aliphatic rings. The minimum absolute atomic E-state index is 0.190. The van der Waals surface area contributed by atoms with E-state index in [4.69, 9.17) is 4.98 Å². The lowest BCUT2D eigenvalue weighted by Crippen LogP contribution is -2.29. The number of para-hydroxylation sites is 2. The molecule has 0 bridgehead atoms. The molecule has 5 heteroatoms. The molecule has 124 valence electrons. The average Bonchev–Trinajstić information content (AvgIpc) is 2.59. The molecule has 0 spiro atoms. The number of benzene rings is 2. The zero-order chi connectivity index (χ0) is 17.1. The fraction of sp³-hybridized carbons (Fsp3) is 0.263.